The highest BCUT2D eigenvalue weighted by Crippen LogP contribution is 2.31. The zero-order valence-electron chi connectivity index (χ0n) is 11.7. The third-order valence-electron chi connectivity index (χ3n) is 4.10. The molecule has 0 unspecified atom stereocenters. The highest BCUT2D eigenvalue weighted by atomic mass is 32.1. The monoisotopic (exact) mass is 290 g/mol. The van der Waals surface area contributed by atoms with Crippen LogP contribution in [0.15, 0.2) is 24.3 Å². The zero-order valence-corrected chi connectivity index (χ0v) is 12.5. The van der Waals surface area contributed by atoms with E-state index in [9.17, 15) is 9.59 Å². The summed E-state index contributed by atoms with van der Waals surface area (Å²) in [6.45, 7) is 3.79. The molecule has 0 saturated carbocycles. The van der Waals surface area contributed by atoms with Crippen molar-refractivity contribution in [3.63, 3.8) is 0 Å². The van der Waals surface area contributed by atoms with Crippen LogP contribution in [0.5, 0.6) is 0 Å². The number of rotatable bonds is 4. The molecule has 1 aromatic carbocycles. The predicted molar refractivity (Wildman–Crippen MR) is 81.4 cm³/mol. The van der Waals surface area contributed by atoms with Crippen LogP contribution in [0.4, 0.5) is 0 Å². The van der Waals surface area contributed by atoms with Gasteiger partial charge in [-0.15, -0.1) is 0 Å². The summed E-state index contributed by atoms with van der Waals surface area (Å²) in [5.74, 6) is -0.529. The molecule has 2 rings (SSSR count). The lowest BCUT2D eigenvalue weighted by atomic mass is 9.86. The highest BCUT2D eigenvalue weighted by molar-refractivity contribution is 7.80. The molecule has 0 spiro atoms. The summed E-state index contributed by atoms with van der Waals surface area (Å²) in [4.78, 5) is 26.6. The van der Waals surface area contributed by atoms with E-state index in [1.807, 2.05) is 26.0 Å². The molecule has 20 heavy (non-hydrogen) atoms. The SMILES string of the molecule is CCC(CC)(C(N)=S)N1C(=O)Cc2ccccc2C1=O. The van der Waals surface area contributed by atoms with Gasteiger partial charge in [-0.05, 0) is 24.5 Å². The summed E-state index contributed by atoms with van der Waals surface area (Å²) in [6, 6.07) is 7.18. The van der Waals surface area contributed by atoms with E-state index in [0.717, 1.165) is 5.56 Å². The predicted octanol–water partition coefficient (Wildman–Crippen LogP) is 2.06. The summed E-state index contributed by atoms with van der Waals surface area (Å²) in [6.07, 6.45) is 1.27. The molecule has 1 aromatic rings. The fourth-order valence-electron chi connectivity index (χ4n) is 2.82. The van der Waals surface area contributed by atoms with Crippen LogP contribution >= 0.6 is 12.2 Å². The van der Waals surface area contributed by atoms with Crippen LogP contribution in [0.3, 0.4) is 0 Å². The van der Waals surface area contributed by atoms with E-state index in [-0.39, 0.29) is 23.2 Å². The number of hydrogen-bond donors (Lipinski definition) is 1. The van der Waals surface area contributed by atoms with Gasteiger partial charge in [-0.1, -0.05) is 44.3 Å². The molecular weight excluding hydrogens is 272 g/mol. The first-order chi connectivity index (χ1) is 9.47. The van der Waals surface area contributed by atoms with Gasteiger partial charge in [0.05, 0.1) is 11.4 Å². The molecule has 5 heteroatoms. The van der Waals surface area contributed by atoms with Gasteiger partial charge in [-0.2, -0.15) is 0 Å². The number of benzene rings is 1. The number of thiocarbonyl (C=S) groups is 1. The fourth-order valence-corrected chi connectivity index (χ4v) is 3.20. The number of imide groups is 1. The van der Waals surface area contributed by atoms with Crippen LogP contribution < -0.4 is 5.73 Å². The van der Waals surface area contributed by atoms with Crippen LogP contribution in [-0.2, 0) is 11.2 Å². The van der Waals surface area contributed by atoms with Crippen molar-refractivity contribution in [2.24, 2.45) is 5.73 Å². The molecule has 2 amide bonds. The molecule has 0 fully saturated rings. The van der Waals surface area contributed by atoms with Gasteiger partial charge in [0.1, 0.15) is 5.54 Å². The lowest BCUT2D eigenvalue weighted by Crippen LogP contribution is -2.62. The van der Waals surface area contributed by atoms with Crippen LogP contribution in [-0.4, -0.2) is 27.2 Å². The topological polar surface area (TPSA) is 63.4 Å². The summed E-state index contributed by atoms with van der Waals surface area (Å²) < 4.78 is 0. The summed E-state index contributed by atoms with van der Waals surface area (Å²) >= 11 is 5.14. The fraction of sp³-hybridized carbons (Fsp3) is 0.400. The van der Waals surface area contributed by atoms with Crippen molar-refractivity contribution in [1.29, 1.82) is 0 Å². The quantitative estimate of drug-likeness (QED) is 0.681. The van der Waals surface area contributed by atoms with E-state index in [1.54, 1.807) is 12.1 Å². The standard InChI is InChI=1S/C15H18N2O2S/c1-3-15(4-2,14(16)20)17-12(18)9-10-7-5-6-8-11(10)13(17)19/h5-8H,3-4,9H2,1-2H3,(H2,16,20). The van der Waals surface area contributed by atoms with Crippen molar-refractivity contribution in [2.75, 3.05) is 0 Å². The minimum absolute atomic E-state index is 0.198. The number of nitrogens with zero attached hydrogens (tertiary/aromatic N) is 1. The second-order valence-corrected chi connectivity index (χ2v) is 5.41. The zero-order chi connectivity index (χ0) is 14.9. The molecule has 4 nitrogen and oxygen atoms in total. The maximum Gasteiger partial charge on any atom is 0.261 e. The first-order valence-corrected chi connectivity index (χ1v) is 7.14. The van der Waals surface area contributed by atoms with Gasteiger partial charge in [-0.3, -0.25) is 14.5 Å². The van der Waals surface area contributed by atoms with Gasteiger partial charge in [0.25, 0.3) is 5.91 Å². The van der Waals surface area contributed by atoms with E-state index in [4.69, 9.17) is 18.0 Å². The Bertz CT molecular complexity index is 579. The van der Waals surface area contributed by atoms with Crippen molar-refractivity contribution >= 4 is 29.0 Å². The molecular formula is C15H18N2O2S. The molecule has 0 saturated heterocycles. The van der Waals surface area contributed by atoms with Gasteiger partial charge >= 0.3 is 0 Å². The number of carbonyl (C=O) groups is 2. The Balaban J connectivity index is 2.56. The maximum atomic E-state index is 12.7. The minimum atomic E-state index is -0.864. The normalized spacial score (nSPS) is 15.2. The first kappa shape index (κ1) is 14.7. The maximum absolute atomic E-state index is 12.7. The van der Waals surface area contributed by atoms with Crippen molar-refractivity contribution in [2.45, 2.75) is 38.6 Å². The molecule has 1 aliphatic rings. The van der Waals surface area contributed by atoms with Crippen LogP contribution in [0.2, 0.25) is 0 Å². The second kappa shape index (κ2) is 5.32. The Hall–Kier alpha value is -1.75. The number of fused-ring (bicyclic) bond motifs is 1. The van der Waals surface area contributed by atoms with E-state index >= 15 is 0 Å². The molecule has 0 atom stereocenters. The van der Waals surface area contributed by atoms with Crippen molar-refractivity contribution in [3.05, 3.63) is 35.4 Å². The highest BCUT2D eigenvalue weighted by Gasteiger charge is 2.46. The Morgan fingerprint density at radius 2 is 1.90 bits per heavy atom. The van der Waals surface area contributed by atoms with Crippen molar-refractivity contribution in [1.82, 2.24) is 4.90 Å². The van der Waals surface area contributed by atoms with Crippen molar-refractivity contribution in [3.8, 4) is 0 Å². The summed E-state index contributed by atoms with van der Waals surface area (Å²) in [5, 5.41) is 0. The Labute approximate surface area is 123 Å². The van der Waals surface area contributed by atoms with Crippen LogP contribution in [0.25, 0.3) is 0 Å². The Kier molecular flexibility index (Phi) is 3.90. The van der Waals surface area contributed by atoms with Gasteiger partial charge in [0.2, 0.25) is 5.91 Å². The van der Waals surface area contributed by atoms with E-state index in [0.29, 0.717) is 18.4 Å². The summed E-state index contributed by atoms with van der Waals surface area (Å²) in [5.41, 5.74) is 6.32. The summed E-state index contributed by atoms with van der Waals surface area (Å²) in [7, 11) is 0. The first-order valence-electron chi connectivity index (χ1n) is 6.73. The van der Waals surface area contributed by atoms with Crippen LogP contribution in [0, 0.1) is 0 Å². The number of carbonyl (C=O) groups excluding carboxylic acids is 2. The van der Waals surface area contributed by atoms with Crippen molar-refractivity contribution < 1.29 is 9.59 Å². The van der Waals surface area contributed by atoms with Gasteiger partial charge < -0.3 is 5.73 Å². The average Bonchev–Trinajstić information content (AvgIpc) is 2.43. The average molecular weight is 290 g/mol. The van der Waals surface area contributed by atoms with Gasteiger partial charge in [0.15, 0.2) is 0 Å². The van der Waals surface area contributed by atoms with E-state index < -0.39 is 5.54 Å². The molecule has 0 aromatic heterocycles. The number of nitrogens with two attached hydrogens (primary N) is 1. The molecule has 0 aliphatic carbocycles. The molecule has 1 heterocycles. The smallest absolute Gasteiger partial charge is 0.261 e. The lowest BCUT2D eigenvalue weighted by molar-refractivity contribution is -0.131. The lowest BCUT2D eigenvalue weighted by Gasteiger charge is -2.43. The molecule has 106 valence electrons. The molecule has 2 N–H and O–H groups in total. The molecule has 1 aliphatic heterocycles. The van der Waals surface area contributed by atoms with Crippen LogP contribution in [0.1, 0.15) is 42.6 Å². The number of hydrogen-bond acceptors (Lipinski definition) is 3. The molecule has 0 radical (unpaired) electrons. The Morgan fingerprint density at radius 3 is 2.45 bits per heavy atom. The van der Waals surface area contributed by atoms with E-state index in [1.165, 1.54) is 4.90 Å². The van der Waals surface area contributed by atoms with Gasteiger partial charge in [-0.25, -0.2) is 0 Å². The third kappa shape index (κ3) is 2.02. The van der Waals surface area contributed by atoms with Gasteiger partial charge in [0, 0.05) is 5.56 Å². The number of amides is 2. The molecule has 0 bridgehead atoms. The second-order valence-electron chi connectivity index (χ2n) is 4.97. The van der Waals surface area contributed by atoms with E-state index in [2.05, 4.69) is 0 Å². The minimum Gasteiger partial charge on any atom is -0.391 e. The largest absolute Gasteiger partial charge is 0.391 e. The Morgan fingerprint density at radius 1 is 1.30 bits per heavy atom. The third-order valence-corrected chi connectivity index (χ3v) is 4.48.